The van der Waals surface area contributed by atoms with Gasteiger partial charge in [-0.05, 0) is 79.5 Å². The van der Waals surface area contributed by atoms with Gasteiger partial charge in [0.1, 0.15) is 29.5 Å². The lowest BCUT2D eigenvalue weighted by atomic mass is 9.70. The fraction of sp³-hybridized carbons (Fsp3) is 0.610. The van der Waals surface area contributed by atoms with E-state index in [0.29, 0.717) is 48.7 Å². The van der Waals surface area contributed by atoms with Crippen molar-refractivity contribution in [2.45, 2.75) is 128 Å². The third-order valence-electron chi connectivity index (χ3n) is 11.8. The van der Waals surface area contributed by atoms with Crippen molar-refractivity contribution in [2.75, 3.05) is 6.61 Å². The molecule has 1 aliphatic carbocycles. The van der Waals surface area contributed by atoms with Crippen LogP contribution in [0.3, 0.4) is 0 Å². The Balaban J connectivity index is 1.37. The van der Waals surface area contributed by atoms with Crippen LogP contribution in [0.2, 0.25) is 0 Å². The van der Waals surface area contributed by atoms with Gasteiger partial charge in [0.15, 0.2) is 11.9 Å². The van der Waals surface area contributed by atoms with Gasteiger partial charge in [-0.1, -0.05) is 64.5 Å². The zero-order valence-electron chi connectivity index (χ0n) is 30.5. The Morgan fingerprint density at radius 3 is 2.59 bits per heavy atom. The molecule has 2 bridgehead atoms. The molecular formula is C41H53FO9. The lowest BCUT2D eigenvalue weighted by molar-refractivity contribution is -0.340. The second kappa shape index (κ2) is 15.1. The van der Waals surface area contributed by atoms with Crippen LogP contribution in [0.1, 0.15) is 90.4 Å². The summed E-state index contributed by atoms with van der Waals surface area (Å²) in [5.41, 5.74) is -0.0267. The molecule has 51 heavy (non-hydrogen) atoms. The van der Waals surface area contributed by atoms with E-state index in [1.165, 1.54) is 24.3 Å². The number of ether oxygens (including phenoxy) is 5. The highest BCUT2D eigenvalue weighted by molar-refractivity contribution is 5.89. The Kier molecular flexibility index (Phi) is 11.1. The van der Waals surface area contributed by atoms with Crippen LogP contribution in [-0.2, 0) is 28.5 Å². The zero-order chi connectivity index (χ0) is 36.7. The minimum absolute atomic E-state index is 0.00766. The molecule has 0 aromatic heterocycles. The SMILES string of the molecule is CC[C@H](C)[C@H]1O[C@]2(CC[C@@H]1C)C[C@@H]1C[C@@H](C/C=C(\C)[C@@H](O)[C@@H](C)/C=C/C=C3\CO[C@@H]4[C@H](OC(=O)c5ccc(F)cc5)C(C)=C[C@@H](C(=O)O1)[C@]34O)O2. The number of hydrogen-bond donors (Lipinski definition) is 2. The van der Waals surface area contributed by atoms with Crippen molar-refractivity contribution in [3.63, 3.8) is 0 Å². The summed E-state index contributed by atoms with van der Waals surface area (Å²) in [6.45, 7) is 12.1. The molecule has 4 heterocycles. The number of rotatable bonds is 4. The topological polar surface area (TPSA) is 121 Å². The summed E-state index contributed by atoms with van der Waals surface area (Å²) >= 11 is 0. The zero-order valence-corrected chi connectivity index (χ0v) is 30.5. The predicted octanol–water partition coefficient (Wildman–Crippen LogP) is 6.54. The van der Waals surface area contributed by atoms with E-state index in [9.17, 15) is 24.2 Å². The smallest absolute Gasteiger partial charge is 0.338 e. The average Bonchev–Trinajstić information content (AvgIpc) is 3.44. The molecule has 2 N–H and O–H groups in total. The monoisotopic (exact) mass is 708 g/mol. The van der Waals surface area contributed by atoms with Gasteiger partial charge in [-0.25, -0.2) is 9.18 Å². The molecule has 9 nitrogen and oxygen atoms in total. The van der Waals surface area contributed by atoms with Crippen LogP contribution in [0.4, 0.5) is 4.39 Å². The molecule has 12 atom stereocenters. The van der Waals surface area contributed by atoms with E-state index in [0.717, 1.165) is 18.4 Å². The lowest BCUT2D eigenvalue weighted by Crippen LogP contribution is -2.59. The van der Waals surface area contributed by atoms with E-state index in [4.69, 9.17) is 23.7 Å². The van der Waals surface area contributed by atoms with Crippen molar-refractivity contribution >= 4 is 11.9 Å². The van der Waals surface area contributed by atoms with E-state index < -0.39 is 59.5 Å². The Morgan fingerprint density at radius 1 is 1.12 bits per heavy atom. The first-order valence-corrected chi connectivity index (χ1v) is 18.5. The van der Waals surface area contributed by atoms with Crippen molar-refractivity contribution in [3.05, 3.63) is 82.7 Å². The number of benzene rings is 1. The van der Waals surface area contributed by atoms with Crippen LogP contribution >= 0.6 is 0 Å². The second-order valence-corrected chi connectivity index (χ2v) is 15.5. The van der Waals surface area contributed by atoms with E-state index >= 15 is 0 Å². The first-order valence-electron chi connectivity index (χ1n) is 18.5. The number of aliphatic hydroxyl groups excluding tert-OH is 1. The number of halogens is 1. The van der Waals surface area contributed by atoms with Crippen LogP contribution in [0.25, 0.3) is 0 Å². The maximum Gasteiger partial charge on any atom is 0.338 e. The second-order valence-electron chi connectivity index (χ2n) is 15.5. The largest absolute Gasteiger partial charge is 0.462 e. The summed E-state index contributed by atoms with van der Waals surface area (Å²) < 4.78 is 45.6. The maximum atomic E-state index is 14.4. The number of carbonyl (C=O) groups excluding carboxylic acids is 2. The van der Waals surface area contributed by atoms with Gasteiger partial charge in [-0.3, -0.25) is 4.79 Å². The summed E-state index contributed by atoms with van der Waals surface area (Å²) in [5, 5.41) is 23.8. The van der Waals surface area contributed by atoms with Gasteiger partial charge in [-0.15, -0.1) is 0 Å². The minimum Gasteiger partial charge on any atom is -0.462 e. The molecule has 6 rings (SSSR count). The molecule has 3 fully saturated rings. The molecule has 0 amide bonds. The van der Waals surface area contributed by atoms with Crippen molar-refractivity contribution in [2.24, 2.45) is 23.7 Å². The lowest BCUT2D eigenvalue weighted by Gasteiger charge is -2.51. The van der Waals surface area contributed by atoms with Gasteiger partial charge in [0.25, 0.3) is 0 Å². The van der Waals surface area contributed by atoms with Gasteiger partial charge >= 0.3 is 11.9 Å². The third-order valence-corrected chi connectivity index (χ3v) is 11.8. The molecule has 278 valence electrons. The van der Waals surface area contributed by atoms with Gasteiger partial charge in [-0.2, -0.15) is 0 Å². The Morgan fingerprint density at radius 2 is 1.86 bits per heavy atom. The summed E-state index contributed by atoms with van der Waals surface area (Å²) in [5.74, 6) is -3.51. The quantitative estimate of drug-likeness (QED) is 0.266. The van der Waals surface area contributed by atoms with Crippen LogP contribution in [0.15, 0.2) is 71.4 Å². The van der Waals surface area contributed by atoms with Crippen molar-refractivity contribution in [1.82, 2.24) is 0 Å². The van der Waals surface area contributed by atoms with E-state index in [2.05, 4.69) is 20.8 Å². The average molecular weight is 709 g/mol. The Bertz CT molecular complexity index is 1580. The number of allylic oxidation sites excluding steroid dienone is 2. The number of carbonyl (C=O) groups is 2. The summed E-state index contributed by atoms with van der Waals surface area (Å²) in [7, 11) is 0. The van der Waals surface area contributed by atoms with Gasteiger partial charge < -0.3 is 33.9 Å². The van der Waals surface area contributed by atoms with E-state index in [1.54, 1.807) is 25.2 Å². The molecule has 5 aliphatic rings. The Labute approximate surface area is 300 Å². The van der Waals surface area contributed by atoms with Crippen LogP contribution in [0, 0.1) is 29.5 Å². The molecule has 10 heteroatoms. The van der Waals surface area contributed by atoms with Gasteiger partial charge in [0.05, 0.1) is 30.5 Å². The molecule has 4 aliphatic heterocycles. The number of fused-ring (bicyclic) bond motifs is 2. The summed E-state index contributed by atoms with van der Waals surface area (Å²) in [6.07, 6.45) is 8.93. The molecule has 1 spiro atoms. The molecule has 3 saturated heterocycles. The standard InChI is InChI=1S/C41H53FO9/c1-7-23(2)35-26(5)17-18-40(51-35)21-32-20-31(50-40)16-11-25(4)34(43)24(3)9-8-10-29-22-47-37-36(49-38(44)28-12-14-30(42)15-13-28)27(6)19-33(39(45)48-32)41(29,37)46/h8-15,19,23-24,26,31-37,43,46H,7,16-18,20-22H2,1-6H3/b9-8+,25-11+,29-10+/t23-,24-,26-,31+,32-,33-,34-,35+,36+,37+,40+,41+/m0/s1. The molecule has 1 aromatic carbocycles. The molecular weight excluding hydrogens is 655 g/mol. The molecule has 1 aromatic rings. The number of esters is 2. The summed E-state index contributed by atoms with van der Waals surface area (Å²) in [6, 6.07) is 5.00. The van der Waals surface area contributed by atoms with Crippen molar-refractivity contribution in [1.29, 1.82) is 0 Å². The maximum absolute atomic E-state index is 14.4. The minimum atomic E-state index is -1.91. The summed E-state index contributed by atoms with van der Waals surface area (Å²) in [4.78, 5) is 27.6. The third kappa shape index (κ3) is 7.53. The normalized spacial score (nSPS) is 41.9. The highest BCUT2D eigenvalue weighted by Gasteiger charge is 2.61. The number of hydrogen-bond acceptors (Lipinski definition) is 9. The Hall–Kier alpha value is -3.15. The molecule has 0 saturated carbocycles. The van der Waals surface area contributed by atoms with Crippen molar-refractivity contribution < 1.29 is 47.9 Å². The van der Waals surface area contributed by atoms with Crippen LogP contribution in [-0.4, -0.2) is 76.8 Å². The fourth-order valence-electron chi connectivity index (χ4n) is 8.46. The number of aliphatic hydroxyl groups is 2. The first-order chi connectivity index (χ1) is 24.2. The predicted molar refractivity (Wildman–Crippen MR) is 188 cm³/mol. The van der Waals surface area contributed by atoms with Crippen molar-refractivity contribution in [3.8, 4) is 0 Å². The van der Waals surface area contributed by atoms with Crippen LogP contribution in [0.5, 0.6) is 0 Å². The van der Waals surface area contributed by atoms with E-state index in [-0.39, 0.29) is 30.3 Å². The molecule has 0 unspecified atom stereocenters. The van der Waals surface area contributed by atoms with Gasteiger partial charge in [0, 0.05) is 25.2 Å². The fourth-order valence-corrected chi connectivity index (χ4v) is 8.46. The van der Waals surface area contributed by atoms with Gasteiger partial charge in [0.2, 0.25) is 0 Å². The first kappa shape index (κ1) is 37.6. The molecule has 0 radical (unpaired) electrons. The highest BCUT2D eigenvalue weighted by Crippen LogP contribution is 2.48. The van der Waals surface area contributed by atoms with E-state index in [1.807, 2.05) is 26.0 Å². The van der Waals surface area contributed by atoms with Crippen LogP contribution < -0.4 is 0 Å². The highest BCUT2D eigenvalue weighted by atomic mass is 19.1.